The summed E-state index contributed by atoms with van der Waals surface area (Å²) in [4.78, 5) is 42.6. The van der Waals surface area contributed by atoms with Gasteiger partial charge in [-0.1, -0.05) is 103 Å². The molecule has 0 radical (unpaired) electrons. The van der Waals surface area contributed by atoms with Crippen LogP contribution in [0, 0.1) is 16.0 Å². The third-order valence-electron chi connectivity index (χ3n) is 12.7. The molecule has 312 valence electrons. The molecule has 1 spiro atoms. The summed E-state index contributed by atoms with van der Waals surface area (Å²) in [6, 6.07) is 39.2. The molecular formula is C47H48N6O7Si. The third kappa shape index (κ3) is 7.51. The van der Waals surface area contributed by atoms with Gasteiger partial charge in [0, 0.05) is 47.7 Å². The highest BCUT2D eigenvalue weighted by Crippen LogP contribution is 2.60. The number of carbonyl (C=O) groups excluding carboxylic acids is 2. The van der Waals surface area contributed by atoms with E-state index in [1.807, 2.05) is 103 Å². The van der Waals surface area contributed by atoms with Crippen molar-refractivity contribution in [3.8, 4) is 5.75 Å². The smallest absolute Gasteiger partial charge is 0.269 e. The number of non-ortho nitro benzene ring substituents is 1. The lowest BCUT2D eigenvalue weighted by Gasteiger charge is -2.37. The molecule has 61 heavy (non-hydrogen) atoms. The van der Waals surface area contributed by atoms with Gasteiger partial charge < -0.3 is 19.5 Å². The highest BCUT2D eigenvalue weighted by Gasteiger charge is 2.66. The van der Waals surface area contributed by atoms with Crippen molar-refractivity contribution in [3.63, 3.8) is 0 Å². The third-order valence-corrected chi connectivity index (χ3v) is 17.0. The number of aryl methyl sites for hydroxylation is 1. The van der Waals surface area contributed by atoms with Crippen molar-refractivity contribution in [2.75, 3.05) is 23.5 Å². The number of hydrogen-bond acceptors (Lipinski definition) is 9. The van der Waals surface area contributed by atoms with Crippen molar-refractivity contribution in [2.24, 2.45) is 5.92 Å². The van der Waals surface area contributed by atoms with Gasteiger partial charge in [0.25, 0.3) is 11.6 Å². The number of benzene rings is 5. The van der Waals surface area contributed by atoms with Crippen LogP contribution in [0.4, 0.5) is 22.7 Å². The summed E-state index contributed by atoms with van der Waals surface area (Å²) < 4.78 is 14.5. The number of carbonyl (C=O) groups is 2. The SMILES string of the molecule is COc1ccc([Si](C)(C)[C@H]2[C@H](CCn3cc(C(CO)c4ccccc4)nn3)O[C@@]3(C(=O)N(Cc4ccc(N(C=O)c5ccccc5)cc4)c4ccc([N+](=O)[O-])cc43)[C@@H]2C)cc1. The van der Waals surface area contributed by atoms with Gasteiger partial charge in [-0.2, -0.15) is 0 Å². The minimum absolute atomic E-state index is 0.124. The number of aliphatic hydroxyl groups excluding tert-OH is 1. The Morgan fingerprint density at radius 2 is 1.64 bits per heavy atom. The average Bonchev–Trinajstić information content (AvgIpc) is 3.94. The molecule has 2 amide bonds. The molecule has 8 rings (SSSR count). The van der Waals surface area contributed by atoms with Gasteiger partial charge in [-0.3, -0.25) is 29.3 Å². The summed E-state index contributed by atoms with van der Waals surface area (Å²) in [6.07, 6.45) is 2.65. The standard InChI is InChI=1S/C47H48N6O7Si/c1-32-45(61(3,4)39-22-20-38(59-2)21-23-39)44(25-26-50-29-42(48-49-50)40(30-54)34-11-7-5-8-12-34)60-47(32)41-27-37(53(57)58)19-24-43(41)51(46(47)56)28-33-15-17-36(18-16-33)52(31-55)35-13-9-6-10-14-35/h5-24,27,29,31-32,40,44-45,54H,25-26,28,30H2,1-4H3/t32-,40?,44+,45-,47+/m1/s1. The monoisotopic (exact) mass is 836 g/mol. The molecule has 13 nitrogen and oxygen atoms in total. The molecule has 1 fully saturated rings. The molecule has 1 N–H and O–H groups in total. The number of rotatable bonds is 15. The van der Waals surface area contributed by atoms with Crippen LogP contribution in [0.2, 0.25) is 18.6 Å². The maximum atomic E-state index is 15.4. The van der Waals surface area contributed by atoms with Gasteiger partial charge in [0.1, 0.15) is 5.75 Å². The van der Waals surface area contributed by atoms with E-state index in [0.29, 0.717) is 35.6 Å². The van der Waals surface area contributed by atoms with Gasteiger partial charge in [-0.25, -0.2) is 0 Å². The zero-order valence-electron chi connectivity index (χ0n) is 34.5. The van der Waals surface area contributed by atoms with Crippen LogP contribution in [0.5, 0.6) is 5.75 Å². The topological polar surface area (TPSA) is 153 Å². The fraction of sp³-hybridized carbons (Fsp3) is 0.277. The quantitative estimate of drug-likeness (QED) is 0.0481. The zero-order chi connectivity index (χ0) is 42.9. The first-order chi connectivity index (χ1) is 29.5. The van der Waals surface area contributed by atoms with Crippen LogP contribution in [0.15, 0.2) is 134 Å². The molecule has 0 bridgehead atoms. The van der Waals surface area contributed by atoms with Gasteiger partial charge in [0.05, 0.1) is 56.7 Å². The van der Waals surface area contributed by atoms with Gasteiger partial charge in [0.2, 0.25) is 6.41 Å². The zero-order valence-corrected chi connectivity index (χ0v) is 35.5. The number of nitrogens with zero attached hydrogens (tertiary/aromatic N) is 6. The fourth-order valence-electron chi connectivity index (χ4n) is 9.54. The highest BCUT2D eigenvalue weighted by atomic mass is 28.3. The second-order valence-corrected chi connectivity index (χ2v) is 21.0. The van der Waals surface area contributed by atoms with Gasteiger partial charge >= 0.3 is 0 Å². The van der Waals surface area contributed by atoms with Crippen molar-refractivity contribution in [1.29, 1.82) is 0 Å². The molecule has 2 aliphatic rings. The van der Waals surface area contributed by atoms with Crippen LogP contribution >= 0.6 is 0 Å². The molecule has 1 unspecified atom stereocenters. The first kappa shape index (κ1) is 41.3. The lowest BCUT2D eigenvalue weighted by Crippen LogP contribution is -2.51. The van der Waals surface area contributed by atoms with E-state index >= 15 is 4.79 Å². The summed E-state index contributed by atoms with van der Waals surface area (Å²) in [5, 5.41) is 32.7. The maximum Gasteiger partial charge on any atom is 0.269 e. The first-order valence-electron chi connectivity index (χ1n) is 20.4. The number of amides is 2. The van der Waals surface area contributed by atoms with Crippen LogP contribution in [0.1, 0.15) is 41.6 Å². The van der Waals surface area contributed by atoms with Crippen molar-refractivity contribution in [1.82, 2.24) is 15.0 Å². The highest BCUT2D eigenvalue weighted by molar-refractivity contribution is 6.91. The molecule has 6 aromatic rings. The Morgan fingerprint density at radius 3 is 2.28 bits per heavy atom. The average molecular weight is 837 g/mol. The molecule has 1 aromatic heterocycles. The predicted molar refractivity (Wildman–Crippen MR) is 235 cm³/mol. The van der Waals surface area contributed by atoms with E-state index in [1.54, 1.807) is 27.7 Å². The van der Waals surface area contributed by atoms with Crippen molar-refractivity contribution in [3.05, 3.63) is 166 Å². The van der Waals surface area contributed by atoms with E-state index in [1.165, 1.54) is 12.1 Å². The van der Waals surface area contributed by atoms with E-state index in [0.717, 1.165) is 34.2 Å². The van der Waals surface area contributed by atoms with Crippen LogP contribution in [0.3, 0.4) is 0 Å². The number of hydrogen-bond donors (Lipinski definition) is 1. The summed E-state index contributed by atoms with van der Waals surface area (Å²) >= 11 is 0. The first-order valence-corrected chi connectivity index (χ1v) is 23.5. The molecule has 3 heterocycles. The molecule has 0 aliphatic carbocycles. The number of para-hydroxylation sites is 1. The van der Waals surface area contributed by atoms with E-state index < -0.39 is 30.6 Å². The second-order valence-electron chi connectivity index (χ2n) is 16.3. The minimum Gasteiger partial charge on any atom is -0.497 e. The van der Waals surface area contributed by atoms with Crippen molar-refractivity contribution >= 4 is 48.3 Å². The van der Waals surface area contributed by atoms with E-state index in [2.05, 4.69) is 42.5 Å². The largest absolute Gasteiger partial charge is 0.497 e. The lowest BCUT2D eigenvalue weighted by molar-refractivity contribution is -0.385. The lowest BCUT2D eigenvalue weighted by atomic mass is 9.82. The Bertz CT molecular complexity index is 2520. The maximum absolute atomic E-state index is 15.4. The van der Waals surface area contributed by atoms with E-state index in [9.17, 15) is 20.0 Å². The fourth-order valence-corrected chi connectivity index (χ4v) is 13.6. The summed E-state index contributed by atoms with van der Waals surface area (Å²) in [7, 11) is -0.896. The Kier molecular flexibility index (Phi) is 11.4. The number of ether oxygens (including phenoxy) is 2. The molecule has 2 aliphatic heterocycles. The number of nitro benzene ring substituents is 1. The molecular weight excluding hydrogens is 789 g/mol. The number of methoxy groups -OCH3 is 1. The Labute approximate surface area is 355 Å². The van der Waals surface area contributed by atoms with E-state index in [-0.39, 0.29) is 36.2 Å². The molecule has 5 aromatic carbocycles. The molecule has 1 saturated heterocycles. The number of anilines is 3. The Morgan fingerprint density at radius 1 is 0.967 bits per heavy atom. The van der Waals surface area contributed by atoms with Crippen LogP contribution in [-0.4, -0.2) is 65.2 Å². The number of aromatic nitrogens is 3. The van der Waals surface area contributed by atoms with Crippen LogP contribution in [0.25, 0.3) is 0 Å². The van der Waals surface area contributed by atoms with Gasteiger partial charge in [-0.05, 0) is 65.6 Å². The number of fused-ring (bicyclic) bond motifs is 2. The molecule has 14 heteroatoms. The molecule has 0 saturated carbocycles. The summed E-state index contributed by atoms with van der Waals surface area (Å²) in [5.41, 5.74) is 3.05. The number of aliphatic hydroxyl groups is 1. The summed E-state index contributed by atoms with van der Waals surface area (Å²) in [6.45, 7) is 7.10. The van der Waals surface area contributed by atoms with Gasteiger partial charge in [-0.15, -0.1) is 5.10 Å². The van der Waals surface area contributed by atoms with E-state index in [4.69, 9.17) is 9.47 Å². The van der Waals surface area contributed by atoms with Crippen molar-refractivity contribution < 1.29 is 29.1 Å². The van der Waals surface area contributed by atoms with Gasteiger partial charge in [0.15, 0.2) is 5.60 Å². The predicted octanol–water partition coefficient (Wildman–Crippen LogP) is 7.47. The summed E-state index contributed by atoms with van der Waals surface area (Å²) in [5.74, 6) is -0.265. The number of nitro groups is 1. The second kappa shape index (κ2) is 16.9. The van der Waals surface area contributed by atoms with Crippen LogP contribution < -0.4 is 19.7 Å². The normalized spacial score (nSPS) is 20.1. The van der Waals surface area contributed by atoms with Crippen LogP contribution in [-0.2, 0) is 33.0 Å². The Balaban J connectivity index is 1.15. The van der Waals surface area contributed by atoms with Crippen molar-refractivity contribution in [2.45, 2.75) is 62.7 Å². The Hall–Kier alpha value is -6.48. The molecule has 5 atom stereocenters. The minimum atomic E-state index is -2.53.